The molecular formula is C16H30IN3O3S2. The van der Waals surface area contributed by atoms with Crippen LogP contribution < -0.4 is 10.6 Å². The third-order valence-corrected chi connectivity index (χ3v) is 8.15. The summed E-state index contributed by atoms with van der Waals surface area (Å²) in [6.45, 7) is 3.12. The molecule has 0 saturated carbocycles. The van der Waals surface area contributed by atoms with Crippen molar-refractivity contribution in [3.8, 4) is 0 Å². The van der Waals surface area contributed by atoms with E-state index in [0.29, 0.717) is 29.3 Å². The third-order valence-electron chi connectivity index (χ3n) is 4.92. The molecule has 2 unspecified atom stereocenters. The van der Waals surface area contributed by atoms with Gasteiger partial charge in [0.1, 0.15) is 0 Å². The van der Waals surface area contributed by atoms with Gasteiger partial charge in [-0.3, -0.25) is 4.99 Å². The molecule has 2 N–H and O–H groups in total. The van der Waals surface area contributed by atoms with Crippen LogP contribution in [0.3, 0.4) is 0 Å². The van der Waals surface area contributed by atoms with Crippen LogP contribution in [-0.2, 0) is 14.6 Å². The normalized spacial score (nSPS) is 30.0. The van der Waals surface area contributed by atoms with Crippen LogP contribution in [0.15, 0.2) is 4.99 Å². The van der Waals surface area contributed by atoms with Crippen molar-refractivity contribution in [1.29, 1.82) is 0 Å². The lowest BCUT2D eigenvalue weighted by atomic mass is 10.1. The van der Waals surface area contributed by atoms with Gasteiger partial charge < -0.3 is 15.4 Å². The minimum absolute atomic E-state index is 0. The minimum atomic E-state index is -2.83. The topological polar surface area (TPSA) is 79.8 Å². The second-order valence-corrected chi connectivity index (χ2v) is 10.6. The zero-order valence-corrected chi connectivity index (χ0v) is 18.6. The Morgan fingerprint density at radius 2 is 2.00 bits per heavy atom. The van der Waals surface area contributed by atoms with Gasteiger partial charge in [-0.05, 0) is 43.8 Å². The average molecular weight is 503 g/mol. The summed E-state index contributed by atoms with van der Waals surface area (Å²) in [5.41, 5.74) is 0. The second kappa shape index (κ2) is 10.6. The predicted molar refractivity (Wildman–Crippen MR) is 115 cm³/mol. The maximum atomic E-state index is 11.6. The molecule has 3 saturated heterocycles. The van der Waals surface area contributed by atoms with Crippen molar-refractivity contribution >= 4 is 51.5 Å². The smallest absolute Gasteiger partial charge is 0.191 e. The number of guanidine groups is 1. The van der Waals surface area contributed by atoms with Crippen LogP contribution in [0.5, 0.6) is 0 Å². The zero-order chi connectivity index (χ0) is 16.8. The Hall–Kier alpha value is 0.260. The molecule has 3 heterocycles. The fraction of sp³-hybridized carbons (Fsp3) is 0.938. The molecule has 0 amide bonds. The van der Waals surface area contributed by atoms with E-state index in [0.717, 1.165) is 45.0 Å². The third kappa shape index (κ3) is 7.42. The van der Waals surface area contributed by atoms with E-state index in [-0.39, 0.29) is 29.9 Å². The Bertz CT molecular complexity index is 533. The van der Waals surface area contributed by atoms with Gasteiger partial charge in [0.2, 0.25) is 0 Å². The zero-order valence-electron chi connectivity index (χ0n) is 14.6. The quantitative estimate of drug-likeness (QED) is 0.338. The summed E-state index contributed by atoms with van der Waals surface area (Å²) in [6.07, 6.45) is 5.31. The first-order valence-electron chi connectivity index (χ1n) is 9.05. The molecule has 3 fully saturated rings. The highest BCUT2D eigenvalue weighted by Crippen LogP contribution is 2.25. The number of hydrogen-bond acceptors (Lipinski definition) is 5. The maximum absolute atomic E-state index is 11.6. The van der Waals surface area contributed by atoms with Crippen LogP contribution >= 0.6 is 35.7 Å². The van der Waals surface area contributed by atoms with E-state index < -0.39 is 9.84 Å². The molecule has 0 aromatic carbocycles. The lowest BCUT2D eigenvalue weighted by molar-refractivity contribution is 0.0822. The highest BCUT2D eigenvalue weighted by atomic mass is 127. The number of aliphatic imine (C=N–C) groups is 1. The molecule has 146 valence electrons. The molecule has 25 heavy (non-hydrogen) atoms. The van der Waals surface area contributed by atoms with Gasteiger partial charge in [0.15, 0.2) is 15.8 Å². The van der Waals surface area contributed by atoms with Crippen LogP contribution in [0.25, 0.3) is 0 Å². The number of ether oxygens (including phenoxy) is 1. The van der Waals surface area contributed by atoms with E-state index in [1.54, 1.807) is 0 Å². The molecular weight excluding hydrogens is 473 g/mol. The summed E-state index contributed by atoms with van der Waals surface area (Å²) in [6, 6.07) is 0.397. The molecule has 0 aromatic heterocycles. The fourth-order valence-corrected chi connectivity index (χ4v) is 6.49. The number of nitrogens with one attached hydrogen (secondary N) is 2. The Balaban J connectivity index is 0.00000225. The Morgan fingerprint density at radius 3 is 2.64 bits per heavy atom. The van der Waals surface area contributed by atoms with E-state index in [1.165, 1.54) is 18.6 Å². The number of nitrogens with zero attached hydrogens (tertiary/aromatic N) is 1. The highest BCUT2D eigenvalue weighted by molar-refractivity contribution is 14.0. The van der Waals surface area contributed by atoms with Gasteiger partial charge in [-0.2, -0.15) is 11.8 Å². The first-order valence-corrected chi connectivity index (χ1v) is 11.9. The van der Waals surface area contributed by atoms with Gasteiger partial charge >= 0.3 is 0 Å². The Kier molecular flexibility index (Phi) is 9.10. The van der Waals surface area contributed by atoms with E-state index >= 15 is 0 Å². The standard InChI is InChI=1S/C16H29N3O3S2.HI/c20-24(21)9-5-13(12-24)10-17-16(18-11-15-2-1-8-23-15)19-14-3-6-22-7-4-14;/h13-15H,1-12H2,(H2,17,18,19);1H. The van der Waals surface area contributed by atoms with Crippen LogP contribution in [0.1, 0.15) is 32.1 Å². The fourth-order valence-electron chi connectivity index (χ4n) is 3.44. The summed E-state index contributed by atoms with van der Waals surface area (Å²) >= 11 is 2.03. The van der Waals surface area contributed by atoms with Crippen LogP contribution in [0.2, 0.25) is 0 Å². The van der Waals surface area contributed by atoms with Gasteiger partial charge in [-0.1, -0.05) is 0 Å². The summed E-state index contributed by atoms with van der Waals surface area (Å²) in [5, 5.41) is 7.67. The maximum Gasteiger partial charge on any atom is 0.191 e. The Morgan fingerprint density at radius 1 is 1.20 bits per heavy atom. The monoisotopic (exact) mass is 503 g/mol. The van der Waals surface area contributed by atoms with E-state index in [4.69, 9.17) is 9.73 Å². The largest absolute Gasteiger partial charge is 0.381 e. The van der Waals surface area contributed by atoms with Gasteiger partial charge in [0.05, 0.1) is 11.5 Å². The van der Waals surface area contributed by atoms with Crippen LogP contribution in [0, 0.1) is 5.92 Å². The average Bonchev–Trinajstić information content (AvgIpc) is 3.20. The van der Waals surface area contributed by atoms with E-state index in [9.17, 15) is 8.42 Å². The molecule has 2 atom stereocenters. The molecule has 3 aliphatic heterocycles. The summed E-state index contributed by atoms with van der Waals surface area (Å²) in [4.78, 5) is 4.71. The highest BCUT2D eigenvalue weighted by Gasteiger charge is 2.27. The molecule has 3 rings (SSSR count). The number of thioether (sulfide) groups is 1. The molecule has 0 spiro atoms. The van der Waals surface area contributed by atoms with Gasteiger partial charge in [0, 0.05) is 37.6 Å². The van der Waals surface area contributed by atoms with Crippen molar-refractivity contribution in [3.05, 3.63) is 0 Å². The van der Waals surface area contributed by atoms with Crippen molar-refractivity contribution in [2.45, 2.75) is 43.4 Å². The van der Waals surface area contributed by atoms with Gasteiger partial charge in [0.25, 0.3) is 0 Å². The molecule has 0 aliphatic carbocycles. The van der Waals surface area contributed by atoms with Gasteiger partial charge in [-0.15, -0.1) is 24.0 Å². The van der Waals surface area contributed by atoms with Gasteiger partial charge in [-0.25, -0.2) is 8.42 Å². The molecule has 0 radical (unpaired) electrons. The molecule has 0 bridgehead atoms. The molecule has 0 aromatic rings. The summed E-state index contributed by atoms with van der Waals surface area (Å²) < 4.78 is 28.6. The van der Waals surface area contributed by atoms with Crippen LogP contribution in [0.4, 0.5) is 0 Å². The van der Waals surface area contributed by atoms with Crippen molar-refractivity contribution in [3.63, 3.8) is 0 Å². The number of halogens is 1. The molecule has 3 aliphatic rings. The first kappa shape index (κ1) is 21.6. The number of sulfone groups is 1. The summed E-state index contributed by atoms with van der Waals surface area (Å²) in [7, 11) is -2.83. The van der Waals surface area contributed by atoms with E-state index in [2.05, 4.69) is 10.6 Å². The van der Waals surface area contributed by atoms with Crippen molar-refractivity contribution in [2.24, 2.45) is 10.9 Å². The Labute approximate surface area is 172 Å². The number of rotatable bonds is 5. The minimum Gasteiger partial charge on any atom is -0.381 e. The SMILES string of the molecule is I.O=S1(=O)CCC(CN=C(NCC2CCCS2)NC2CCOCC2)C1. The predicted octanol–water partition coefficient (Wildman–Crippen LogP) is 1.65. The molecule has 6 nitrogen and oxygen atoms in total. The van der Waals surface area contributed by atoms with Crippen molar-refractivity contribution < 1.29 is 13.2 Å². The first-order chi connectivity index (χ1) is 11.6. The lowest BCUT2D eigenvalue weighted by Gasteiger charge is -2.26. The second-order valence-electron chi connectivity index (χ2n) is 7.01. The van der Waals surface area contributed by atoms with Crippen molar-refractivity contribution in [2.75, 3.05) is 43.6 Å². The summed E-state index contributed by atoms with van der Waals surface area (Å²) in [5.74, 6) is 2.89. The van der Waals surface area contributed by atoms with E-state index in [1.807, 2.05) is 11.8 Å². The number of hydrogen-bond donors (Lipinski definition) is 2. The van der Waals surface area contributed by atoms with Crippen molar-refractivity contribution in [1.82, 2.24) is 10.6 Å². The lowest BCUT2D eigenvalue weighted by Crippen LogP contribution is -2.47. The van der Waals surface area contributed by atoms with Crippen LogP contribution in [-0.4, -0.2) is 69.2 Å². The molecule has 9 heteroatoms.